The highest BCUT2D eigenvalue weighted by atomic mass is 32.1. The van der Waals surface area contributed by atoms with E-state index in [-0.39, 0.29) is 0 Å². The van der Waals surface area contributed by atoms with Crippen LogP contribution in [0.1, 0.15) is 5.01 Å². The minimum Gasteiger partial charge on any atom is -0.472 e. The fourth-order valence-corrected chi connectivity index (χ4v) is 2.85. The maximum absolute atomic E-state index is 5.15. The molecule has 0 N–H and O–H groups in total. The third kappa shape index (κ3) is 1.75. The fourth-order valence-electron chi connectivity index (χ4n) is 2.26. The Bertz CT molecular complexity index is 874. The van der Waals surface area contributed by atoms with Crippen LogP contribution in [-0.2, 0) is 0 Å². The van der Waals surface area contributed by atoms with Crippen molar-refractivity contribution in [2.24, 2.45) is 0 Å². The van der Waals surface area contributed by atoms with Crippen molar-refractivity contribution in [3.63, 3.8) is 0 Å². The summed E-state index contributed by atoms with van der Waals surface area (Å²) in [4.78, 5) is 8.95. The van der Waals surface area contributed by atoms with Gasteiger partial charge in [-0.25, -0.2) is 9.97 Å². The number of nitrogens with zero attached hydrogens (tertiary/aromatic N) is 3. The van der Waals surface area contributed by atoms with Gasteiger partial charge in [-0.15, -0.1) is 11.3 Å². The average Bonchev–Trinajstić information content (AvgIpc) is 3.17. The SMILES string of the molecule is Cc1nc(-n2cnc3ccc(-c4ccoc4)cc32)cs1. The van der Waals surface area contributed by atoms with Gasteiger partial charge in [0.25, 0.3) is 0 Å². The van der Waals surface area contributed by atoms with E-state index < -0.39 is 0 Å². The largest absolute Gasteiger partial charge is 0.472 e. The lowest BCUT2D eigenvalue weighted by molar-refractivity contribution is 0.568. The van der Waals surface area contributed by atoms with Gasteiger partial charge in [-0.3, -0.25) is 4.57 Å². The first-order valence-electron chi connectivity index (χ1n) is 6.23. The Morgan fingerprint density at radius 3 is 2.90 bits per heavy atom. The predicted octanol–water partition coefficient (Wildman–Crippen LogP) is 4.05. The van der Waals surface area contributed by atoms with E-state index in [9.17, 15) is 0 Å². The molecule has 0 aliphatic heterocycles. The van der Waals surface area contributed by atoms with Gasteiger partial charge < -0.3 is 4.42 Å². The first kappa shape index (κ1) is 11.4. The van der Waals surface area contributed by atoms with Crippen molar-refractivity contribution in [1.29, 1.82) is 0 Å². The van der Waals surface area contributed by atoms with Crippen LogP contribution in [0, 0.1) is 6.92 Å². The molecule has 0 amide bonds. The van der Waals surface area contributed by atoms with Gasteiger partial charge in [0.05, 0.1) is 28.6 Å². The van der Waals surface area contributed by atoms with Gasteiger partial charge in [-0.1, -0.05) is 6.07 Å². The van der Waals surface area contributed by atoms with E-state index in [1.807, 2.05) is 35.3 Å². The molecule has 0 saturated heterocycles. The molecule has 0 fully saturated rings. The minimum absolute atomic E-state index is 0.916. The highest BCUT2D eigenvalue weighted by Crippen LogP contribution is 2.26. The highest BCUT2D eigenvalue weighted by Gasteiger charge is 2.09. The second-order valence-electron chi connectivity index (χ2n) is 4.55. The minimum atomic E-state index is 0.916. The lowest BCUT2D eigenvalue weighted by atomic mass is 10.1. The van der Waals surface area contributed by atoms with Crippen LogP contribution in [0.25, 0.3) is 28.0 Å². The van der Waals surface area contributed by atoms with Gasteiger partial charge in [0.15, 0.2) is 0 Å². The molecule has 0 radical (unpaired) electrons. The topological polar surface area (TPSA) is 43.9 Å². The van der Waals surface area contributed by atoms with E-state index in [1.165, 1.54) is 0 Å². The maximum atomic E-state index is 5.15. The molecule has 1 aromatic carbocycles. The molecule has 0 spiro atoms. The highest BCUT2D eigenvalue weighted by molar-refractivity contribution is 7.09. The summed E-state index contributed by atoms with van der Waals surface area (Å²) in [5.74, 6) is 0.916. The Labute approximate surface area is 119 Å². The number of aryl methyl sites for hydroxylation is 1. The van der Waals surface area contributed by atoms with Crippen LogP contribution in [-0.4, -0.2) is 14.5 Å². The van der Waals surface area contributed by atoms with Gasteiger partial charge in [-0.2, -0.15) is 0 Å². The molecule has 0 aliphatic carbocycles. The molecule has 0 unspecified atom stereocenters. The first-order chi connectivity index (χ1) is 9.81. The molecule has 3 heterocycles. The zero-order valence-corrected chi connectivity index (χ0v) is 11.6. The van der Waals surface area contributed by atoms with Crippen molar-refractivity contribution >= 4 is 22.4 Å². The van der Waals surface area contributed by atoms with Crippen LogP contribution in [0.4, 0.5) is 0 Å². The summed E-state index contributed by atoms with van der Waals surface area (Å²) in [5.41, 5.74) is 4.19. The number of rotatable bonds is 2. The maximum Gasteiger partial charge on any atom is 0.149 e. The Morgan fingerprint density at radius 1 is 1.20 bits per heavy atom. The number of benzene rings is 1. The Hall–Kier alpha value is -2.40. The van der Waals surface area contributed by atoms with Crippen molar-refractivity contribution in [3.8, 4) is 16.9 Å². The molecular formula is C15H11N3OS. The number of furan rings is 1. The smallest absolute Gasteiger partial charge is 0.149 e. The molecule has 3 aromatic heterocycles. The number of imidazole rings is 1. The van der Waals surface area contributed by atoms with Crippen LogP contribution in [0.3, 0.4) is 0 Å². The molecule has 0 saturated carbocycles. The van der Waals surface area contributed by atoms with E-state index in [4.69, 9.17) is 4.42 Å². The summed E-state index contributed by atoms with van der Waals surface area (Å²) in [6, 6.07) is 8.14. The molecule has 0 bridgehead atoms. The van der Waals surface area contributed by atoms with Crippen LogP contribution < -0.4 is 0 Å². The standard InChI is InChI=1S/C15H11N3OS/c1-10-17-15(8-20-10)18-9-16-13-3-2-11(6-14(13)18)12-4-5-19-7-12/h2-9H,1H3. The zero-order valence-electron chi connectivity index (χ0n) is 10.8. The number of hydrogen-bond acceptors (Lipinski definition) is 4. The quantitative estimate of drug-likeness (QED) is 0.556. The number of aromatic nitrogens is 3. The molecular weight excluding hydrogens is 270 g/mol. The Kier molecular flexibility index (Phi) is 2.47. The van der Waals surface area contributed by atoms with Gasteiger partial charge >= 0.3 is 0 Å². The number of thiazole rings is 1. The first-order valence-corrected chi connectivity index (χ1v) is 7.11. The monoisotopic (exact) mass is 281 g/mol. The van der Waals surface area contributed by atoms with Crippen molar-refractivity contribution in [3.05, 3.63) is 53.5 Å². The van der Waals surface area contributed by atoms with E-state index in [0.29, 0.717) is 0 Å². The lowest BCUT2D eigenvalue weighted by Crippen LogP contribution is -1.92. The summed E-state index contributed by atoms with van der Waals surface area (Å²) >= 11 is 1.64. The third-order valence-electron chi connectivity index (χ3n) is 3.26. The van der Waals surface area contributed by atoms with Crippen LogP contribution in [0.15, 0.2) is 52.9 Å². The van der Waals surface area contributed by atoms with Gasteiger partial charge in [0, 0.05) is 10.9 Å². The lowest BCUT2D eigenvalue weighted by Gasteiger charge is -2.01. The van der Waals surface area contributed by atoms with Crippen molar-refractivity contribution in [1.82, 2.24) is 14.5 Å². The van der Waals surface area contributed by atoms with Gasteiger partial charge in [-0.05, 0) is 30.7 Å². The number of fused-ring (bicyclic) bond motifs is 1. The fraction of sp³-hybridized carbons (Fsp3) is 0.0667. The van der Waals surface area contributed by atoms with Gasteiger partial charge in [0.1, 0.15) is 12.1 Å². The van der Waals surface area contributed by atoms with Gasteiger partial charge in [0.2, 0.25) is 0 Å². The van der Waals surface area contributed by atoms with E-state index in [1.54, 1.807) is 23.9 Å². The molecule has 98 valence electrons. The average molecular weight is 281 g/mol. The molecule has 5 heteroatoms. The Morgan fingerprint density at radius 2 is 2.15 bits per heavy atom. The van der Waals surface area contributed by atoms with Crippen LogP contribution in [0.2, 0.25) is 0 Å². The molecule has 4 aromatic rings. The summed E-state index contributed by atoms with van der Waals surface area (Å²) < 4.78 is 7.16. The molecule has 0 aliphatic rings. The van der Waals surface area contributed by atoms with Crippen molar-refractivity contribution in [2.75, 3.05) is 0 Å². The zero-order chi connectivity index (χ0) is 13.5. The van der Waals surface area contributed by atoms with Crippen LogP contribution >= 0.6 is 11.3 Å². The van der Waals surface area contributed by atoms with Crippen molar-refractivity contribution < 1.29 is 4.42 Å². The molecule has 4 rings (SSSR count). The van der Waals surface area contributed by atoms with Crippen LogP contribution in [0.5, 0.6) is 0 Å². The van der Waals surface area contributed by atoms with E-state index in [2.05, 4.69) is 22.1 Å². The third-order valence-corrected chi connectivity index (χ3v) is 4.02. The summed E-state index contributed by atoms with van der Waals surface area (Å²) in [7, 11) is 0. The Balaban J connectivity index is 1.92. The second kappa shape index (κ2) is 4.31. The predicted molar refractivity (Wildman–Crippen MR) is 79.2 cm³/mol. The molecule has 4 nitrogen and oxygen atoms in total. The summed E-state index contributed by atoms with van der Waals surface area (Å²) in [6.07, 6.45) is 5.24. The second-order valence-corrected chi connectivity index (χ2v) is 5.62. The molecule has 20 heavy (non-hydrogen) atoms. The summed E-state index contributed by atoms with van der Waals surface area (Å²) in [5, 5.41) is 3.09. The van der Waals surface area contributed by atoms with E-state index >= 15 is 0 Å². The number of hydrogen-bond donors (Lipinski definition) is 0. The van der Waals surface area contributed by atoms with E-state index in [0.717, 1.165) is 33.0 Å². The van der Waals surface area contributed by atoms with Crippen molar-refractivity contribution in [2.45, 2.75) is 6.92 Å². The normalized spacial score (nSPS) is 11.2. The summed E-state index contributed by atoms with van der Waals surface area (Å²) in [6.45, 7) is 2.00. The molecule has 0 atom stereocenters.